The number of amides is 1. The second-order valence-corrected chi connectivity index (χ2v) is 6.76. The zero-order valence-electron chi connectivity index (χ0n) is 13.6. The van der Waals surface area contributed by atoms with Crippen molar-refractivity contribution in [1.29, 1.82) is 0 Å². The topological polar surface area (TPSA) is 67.6 Å². The Morgan fingerprint density at radius 2 is 2.20 bits per heavy atom. The predicted molar refractivity (Wildman–Crippen MR) is 94.7 cm³/mol. The third kappa shape index (κ3) is 5.44. The SMILES string of the molecule is O=C(Cc1ccon1)NC[C@H]1CN(Cc2ccc(Cl)c(Cl)c2)CCO1. The molecular formula is C17H19Cl2N3O3. The van der Waals surface area contributed by atoms with Crippen LogP contribution in [0.3, 0.4) is 0 Å². The third-order valence-electron chi connectivity index (χ3n) is 3.97. The van der Waals surface area contributed by atoms with Crippen LogP contribution in [0.2, 0.25) is 10.0 Å². The number of morpholine rings is 1. The average molecular weight is 384 g/mol. The Kier molecular flexibility index (Phi) is 6.31. The number of hydrogen-bond acceptors (Lipinski definition) is 5. The van der Waals surface area contributed by atoms with Gasteiger partial charge in [-0.25, -0.2) is 0 Å². The highest BCUT2D eigenvalue weighted by atomic mass is 35.5. The van der Waals surface area contributed by atoms with Gasteiger partial charge < -0.3 is 14.6 Å². The molecule has 2 heterocycles. The van der Waals surface area contributed by atoms with Crippen molar-refractivity contribution in [3.8, 4) is 0 Å². The summed E-state index contributed by atoms with van der Waals surface area (Å²) in [6.07, 6.45) is 1.61. The van der Waals surface area contributed by atoms with E-state index >= 15 is 0 Å². The van der Waals surface area contributed by atoms with Gasteiger partial charge in [0.15, 0.2) is 0 Å². The summed E-state index contributed by atoms with van der Waals surface area (Å²) >= 11 is 12.0. The zero-order valence-corrected chi connectivity index (χ0v) is 15.1. The zero-order chi connectivity index (χ0) is 17.6. The summed E-state index contributed by atoms with van der Waals surface area (Å²) in [6.45, 7) is 3.44. The Hall–Kier alpha value is -1.60. The summed E-state index contributed by atoms with van der Waals surface area (Å²) in [5.41, 5.74) is 1.72. The number of rotatable bonds is 6. The van der Waals surface area contributed by atoms with Crippen LogP contribution in [0.5, 0.6) is 0 Å². The molecule has 134 valence electrons. The van der Waals surface area contributed by atoms with Gasteiger partial charge in [-0.1, -0.05) is 34.4 Å². The molecular weight excluding hydrogens is 365 g/mol. The number of carbonyl (C=O) groups is 1. The summed E-state index contributed by atoms with van der Waals surface area (Å²) in [4.78, 5) is 14.2. The highest BCUT2D eigenvalue weighted by molar-refractivity contribution is 6.42. The molecule has 0 spiro atoms. The monoisotopic (exact) mass is 383 g/mol. The van der Waals surface area contributed by atoms with Crippen LogP contribution in [0.25, 0.3) is 0 Å². The number of carbonyl (C=O) groups excluding carboxylic acids is 1. The van der Waals surface area contributed by atoms with E-state index in [4.69, 9.17) is 32.5 Å². The molecule has 0 unspecified atom stereocenters. The van der Waals surface area contributed by atoms with Crippen LogP contribution in [0, 0.1) is 0 Å². The van der Waals surface area contributed by atoms with E-state index in [1.807, 2.05) is 12.1 Å². The van der Waals surface area contributed by atoms with Gasteiger partial charge >= 0.3 is 0 Å². The highest BCUT2D eigenvalue weighted by Crippen LogP contribution is 2.23. The fraction of sp³-hybridized carbons (Fsp3) is 0.412. The van der Waals surface area contributed by atoms with Gasteiger partial charge in [-0.15, -0.1) is 0 Å². The third-order valence-corrected chi connectivity index (χ3v) is 4.71. The number of halogens is 2. The van der Waals surface area contributed by atoms with E-state index in [9.17, 15) is 4.79 Å². The van der Waals surface area contributed by atoms with Crippen LogP contribution in [-0.4, -0.2) is 48.3 Å². The maximum absolute atomic E-state index is 11.9. The first-order chi connectivity index (χ1) is 12.1. The summed E-state index contributed by atoms with van der Waals surface area (Å²) in [7, 11) is 0. The minimum atomic E-state index is -0.0980. The lowest BCUT2D eigenvalue weighted by molar-refractivity contribution is -0.121. The van der Waals surface area contributed by atoms with Crippen LogP contribution in [0.15, 0.2) is 35.1 Å². The molecule has 1 N–H and O–H groups in total. The molecule has 1 atom stereocenters. The molecule has 8 heteroatoms. The lowest BCUT2D eigenvalue weighted by Crippen LogP contribution is -2.47. The number of hydrogen-bond donors (Lipinski definition) is 1. The second-order valence-electron chi connectivity index (χ2n) is 5.95. The molecule has 1 saturated heterocycles. The molecule has 25 heavy (non-hydrogen) atoms. The lowest BCUT2D eigenvalue weighted by atomic mass is 10.2. The predicted octanol–water partition coefficient (Wildman–Crippen LogP) is 2.54. The molecule has 6 nitrogen and oxygen atoms in total. The number of aromatic nitrogens is 1. The van der Waals surface area contributed by atoms with Crippen molar-refractivity contribution < 1.29 is 14.1 Å². The van der Waals surface area contributed by atoms with E-state index < -0.39 is 0 Å². The Labute approximate surface area is 156 Å². The highest BCUT2D eigenvalue weighted by Gasteiger charge is 2.21. The lowest BCUT2D eigenvalue weighted by Gasteiger charge is -2.33. The van der Waals surface area contributed by atoms with Crippen molar-refractivity contribution in [3.05, 3.63) is 51.8 Å². The van der Waals surface area contributed by atoms with E-state index in [-0.39, 0.29) is 18.4 Å². The Morgan fingerprint density at radius 1 is 1.32 bits per heavy atom. The molecule has 1 aliphatic rings. The standard InChI is InChI=1S/C17H19Cl2N3O3/c18-15-2-1-12(7-16(15)19)10-22-4-6-24-14(11-22)9-20-17(23)8-13-3-5-25-21-13/h1-3,5,7,14H,4,6,8-11H2,(H,20,23)/t14-/m0/s1. The molecule has 1 aromatic heterocycles. The van der Waals surface area contributed by atoms with E-state index in [0.29, 0.717) is 28.9 Å². The Morgan fingerprint density at radius 3 is 2.96 bits per heavy atom. The Balaban J connectivity index is 1.45. The van der Waals surface area contributed by atoms with Crippen molar-refractivity contribution in [3.63, 3.8) is 0 Å². The van der Waals surface area contributed by atoms with E-state index in [1.54, 1.807) is 12.1 Å². The molecule has 2 aromatic rings. The molecule has 0 aliphatic carbocycles. The minimum Gasteiger partial charge on any atom is -0.374 e. The van der Waals surface area contributed by atoms with Crippen LogP contribution < -0.4 is 5.32 Å². The smallest absolute Gasteiger partial charge is 0.226 e. The summed E-state index contributed by atoms with van der Waals surface area (Å²) < 4.78 is 10.5. The first-order valence-electron chi connectivity index (χ1n) is 8.04. The number of nitrogens with one attached hydrogen (secondary N) is 1. The summed E-state index contributed by atoms with van der Waals surface area (Å²) in [5, 5.41) is 7.72. The van der Waals surface area contributed by atoms with Gasteiger partial charge in [-0.05, 0) is 17.7 Å². The summed E-state index contributed by atoms with van der Waals surface area (Å²) in [5.74, 6) is -0.0980. The maximum atomic E-state index is 11.9. The van der Waals surface area contributed by atoms with Crippen molar-refractivity contribution in [2.24, 2.45) is 0 Å². The maximum Gasteiger partial charge on any atom is 0.226 e. The quantitative estimate of drug-likeness (QED) is 0.829. The van der Waals surface area contributed by atoms with Crippen LogP contribution in [-0.2, 0) is 22.5 Å². The molecule has 1 fully saturated rings. The molecule has 0 radical (unpaired) electrons. The van der Waals surface area contributed by atoms with Crippen LogP contribution in [0.1, 0.15) is 11.3 Å². The van der Waals surface area contributed by atoms with Gasteiger partial charge in [0, 0.05) is 32.2 Å². The first kappa shape index (κ1) is 18.2. The number of ether oxygens (including phenoxy) is 1. The molecule has 0 bridgehead atoms. The first-order valence-corrected chi connectivity index (χ1v) is 8.79. The van der Waals surface area contributed by atoms with Gasteiger partial charge in [0.1, 0.15) is 6.26 Å². The van der Waals surface area contributed by atoms with Crippen LogP contribution >= 0.6 is 23.2 Å². The van der Waals surface area contributed by atoms with Crippen molar-refractivity contribution in [1.82, 2.24) is 15.4 Å². The van der Waals surface area contributed by atoms with Gasteiger partial charge in [0.25, 0.3) is 0 Å². The number of benzene rings is 1. The fourth-order valence-corrected chi connectivity index (χ4v) is 3.05. The van der Waals surface area contributed by atoms with Gasteiger partial charge in [-0.2, -0.15) is 0 Å². The minimum absolute atomic E-state index is 0.0437. The normalized spacial score (nSPS) is 18.2. The largest absolute Gasteiger partial charge is 0.374 e. The van der Waals surface area contributed by atoms with E-state index in [1.165, 1.54) is 6.26 Å². The Bertz CT molecular complexity index is 709. The van der Waals surface area contributed by atoms with Gasteiger partial charge in [0.2, 0.25) is 5.91 Å². The second kappa shape index (κ2) is 8.67. The number of nitrogens with zero attached hydrogens (tertiary/aromatic N) is 2. The van der Waals surface area contributed by atoms with E-state index in [0.717, 1.165) is 25.2 Å². The molecule has 1 amide bonds. The molecule has 1 aliphatic heterocycles. The van der Waals surface area contributed by atoms with E-state index in [2.05, 4.69) is 15.4 Å². The molecule has 0 saturated carbocycles. The summed E-state index contributed by atoms with van der Waals surface area (Å²) in [6, 6.07) is 7.34. The van der Waals surface area contributed by atoms with Gasteiger partial charge in [0.05, 0.1) is 34.9 Å². The van der Waals surface area contributed by atoms with Crippen molar-refractivity contribution in [2.45, 2.75) is 19.1 Å². The average Bonchev–Trinajstić information content (AvgIpc) is 3.10. The van der Waals surface area contributed by atoms with Crippen molar-refractivity contribution in [2.75, 3.05) is 26.2 Å². The molecule has 3 rings (SSSR count). The van der Waals surface area contributed by atoms with Crippen molar-refractivity contribution >= 4 is 29.1 Å². The van der Waals surface area contributed by atoms with Gasteiger partial charge in [-0.3, -0.25) is 9.69 Å². The molecule has 1 aromatic carbocycles. The van der Waals surface area contributed by atoms with Crippen LogP contribution in [0.4, 0.5) is 0 Å². The fourth-order valence-electron chi connectivity index (χ4n) is 2.73.